The molecule has 0 radical (unpaired) electrons. The minimum atomic E-state index is -0.468. The fourth-order valence-corrected chi connectivity index (χ4v) is 3.96. The minimum absolute atomic E-state index is 0.0361. The number of likely N-dealkylation sites (tertiary alicyclic amines) is 1. The van der Waals surface area contributed by atoms with Crippen LogP contribution in [0.3, 0.4) is 0 Å². The maximum Gasteiger partial charge on any atom is 0.274 e. The lowest BCUT2D eigenvalue weighted by molar-refractivity contribution is 0.00752. The summed E-state index contributed by atoms with van der Waals surface area (Å²) in [6.45, 7) is 1.63. The number of rotatable bonds is 2. The zero-order chi connectivity index (χ0) is 18.4. The maximum absolute atomic E-state index is 12.8. The van der Waals surface area contributed by atoms with Crippen molar-refractivity contribution in [1.29, 1.82) is 0 Å². The average Bonchev–Trinajstić information content (AvgIpc) is 3.45. The van der Waals surface area contributed by atoms with Crippen LogP contribution >= 0.6 is 0 Å². The Bertz CT molecular complexity index is 894. The molecule has 1 spiro atoms. The van der Waals surface area contributed by atoms with Crippen molar-refractivity contribution in [3.63, 3.8) is 0 Å². The number of ether oxygens (including phenoxy) is 1. The van der Waals surface area contributed by atoms with Crippen LogP contribution in [0.5, 0.6) is 5.75 Å². The Hall–Kier alpha value is -2.83. The van der Waals surface area contributed by atoms with E-state index >= 15 is 0 Å². The molecule has 1 saturated heterocycles. The summed E-state index contributed by atoms with van der Waals surface area (Å²) >= 11 is 0. The van der Waals surface area contributed by atoms with Gasteiger partial charge in [-0.25, -0.2) is 0 Å². The van der Waals surface area contributed by atoms with E-state index in [1.54, 1.807) is 6.07 Å². The lowest BCUT2D eigenvalue weighted by Gasteiger charge is -2.40. The first-order valence-electron chi connectivity index (χ1n) is 9.54. The number of aromatic amines is 1. The molecule has 2 aliphatic heterocycles. The molecule has 0 atom stereocenters. The topological polar surface area (TPSA) is 87.3 Å². The van der Waals surface area contributed by atoms with Crippen molar-refractivity contribution in [3.8, 4) is 5.75 Å². The summed E-state index contributed by atoms with van der Waals surface area (Å²) in [4.78, 5) is 26.9. The zero-order valence-electron chi connectivity index (χ0n) is 15.0. The monoisotopic (exact) mass is 366 g/mol. The van der Waals surface area contributed by atoms with Gasteiger partial charge in [0.15, 0.2) is 0 Å². The molecule has 2 fully saturated rings. The third-order valence-corrected chi connectivity index (χ3v) is 5.83. The number of piperidine rings is 1. The van der Waals surface area contributed by atoms with Crippen LogP contribution in [-0.4, -0.2) is 52.1 Å². The van der Waals surface area contributed by atoms with Gasteiger partial charge >= 0.3 is 0 Å². The highest BCUT2D eigenvalue weighted by atomic mass is 16.5. The summed E-state index contributed by atoms with van der Waals surface area (Å²) in [5.41, 5.74) is 1.66. The van der Waals surface area contributed by atoms with Crippen molar-refractivity contribution in [2.75, 3.05) is 19.6 Å². The Balaban J connectivity index is 1.29. The molecule has 140 valence electrons. The molecule has 5 rings (SSSR count). The predicted octanol–water partition coefficient (Wildman–Crippen LogP) is 2.08. The highest BCUT2D eigenvalue weighted by Crippen LogP contribution is 2.39. The summed E-state index contributed by atoms with van der Waals surface area (Å²) in [5, 5.41) is 10.2. The average molecular weight is 366 g/mol. The number of hydrogen-bond acceptors (Lipinski definition) is 4. The number of carbonyl (C=O) groups excluding carboxylic acids is 2. The van der Waals surface area contributed by atoms with E-state index in [1.807, 2.05) is 29.2 Å². The summed E-state index contributed by atoms with van der Waals surface area (Å²) in [7, 11) is 0. The van der Waals surface area contributed by atoms with Gasteiger partial charge in [-0.15, -0.1) is 0 Å². The van der Waals surface area contributed by atoms with Gasteiger partial charge in [0.2, 0.25) is 0 Å². The largest absolute Gasteiger partial charge is 0.484 e. The molecule has 3 heterocycles. The second kappa shape index (κ2) is 6.11. The Morgan fingerprint density at radius 3 is 2.78 bits per heavy atom. The van der Waals surface area contributed by atoms with Gasteiger partial charge in [-0.05, 0) is 31.0 Å². The molecule has 2 aromatic rings. The van der Waals surface area contributed by atoms with Crippen LogP contribution in [0.15, 0.2) is 30.3 Å². The number of carbonyl (C=O) groups is 2. The smallest absolute Gasteiger partial charge is 0.274 e. The third kappa shape index (κ3) is 2.97. The third-order valence-electron chi connectivity index (χ3n) is 5.83. The lowest BCUT2D eigenvalue weighted by atomic mass is 9.90. The van der Waals surface area contributed by atoms with Crippen LogP contribution in [0.1, 0.15) is 58.1 Å². The molecule has 3 aliphatic rings. The lowest BCUT2D eigenvalue weighted by Crippen LogP contribution is -2.54. The number of hydrogen-bond donors (Lipinski definition) is 2. The Kier molecular flexibility index (Phi) is 3.70. The molecule has 0 unspecified atom stereocenters. The number of aromatic nitrogens is 2. The summed E-state index contributed by atoms with van der Waals surface area (Å²) < 4.78 is 6.29. The van der Waals surface area contributed by atoms with Gasteiger partial charge < -0.3 is 15.0 Å². The molecule has 27 heavy (non-hydrogen) atoms. The van der Waals surface area contributed by atoms with Crippen molar-refractivity contribution in [2.24, 2.45) is 0 Å². The van der Waals surface area contributed by atoms with E-state index in [1.165, 1.54) is 12.8 Å². The molecule has 1 saturated carbocycles. The SMILES string of the molecule is O=C1NCC2(CCN(C(=O)c3cc(C4CC4)[nH]n3)CC2)Oc2ccccc21. The van der Waals surface area contributed by atoms with Gasteiger partial charge in [-0.3, -0.25) is 14.7 Å². The van der Waals surface area contributed by atoms with Crippen molar-refractivity contribution in [1.82, 2.24) is 20.4 Å². The Morgan fingerprint density at radius 1 is 1.22 bits per heavy atom. The van der Waals surface area contributed by atoms with E-state index in [4.69, 9.17) is 4.74 Å². The highest BCUT2D eigenvalue weighted by molar-refractivity contribution is 5.97. The van der Waals surface area contributed by atoms with Gasteiger partial charge in [-0.1, -0.05) is 12.1 Å². The standard InChI is InChI=1S/C20H22N4O3/c25-18-14-3-1-2-4-17(14)27-20(12-21-18)7-9-24(10-8-20)19(26)16-11-15(22-23-16)13-5-6-13/h1-4,11,13H,5-10,12H2,(H,21,25)(H,22,23). The first-order valence-corrected chi connectivity index (χ1v) is 9.54. The molecule has 1 aliphatic carbocycles. The van der Waals surface area contributed by atoms with E-state index < -0.39 is 5.60 Å². The maximum atomic E-state index is 12.8. The van der Waals surface area contributed by atoms with Gasteiger partial charge in [0, 0.05) is 37.5 Å². The number of amides is 2. The predicted molar refractivity (Wildman–Crippen MR) is 97.8 cm³/mol. The second-order valence-electron chi connectivity index (χ2n) is 7.74. The summed E-state index contributed by atoms with van der Waals surface area (Å²) in [5.74, 6) is 1.02. The molecule has 0 bridgehead atoms. The highest BCUT2D eigenvalue weighted by Gasteiger charge is 2.41. The van der Waals surface area contributed by atoms with Crippen LogP contribution < -0.4 is 10.1 Å². The number of para-hydroxylation sites is 1. The molecule has 7 nitrogen and oxygen atoms in total. The fraction of sp³-hybridized carbons (Fsp3) is 0.450. The van der Waals surface area contributed by atoms with Gasteiger partial charge in [0.05, 0.1) is 12.1 Å². The van der Waals surface area contributed by atoms with E-state index in [2.05, 4.69) is 15.5 Å². The summed E-state index contributed by atoms with van der Waals surface area (Å²) in [6.07, 6.45) is 3.69. The van der Waals surface area contributed by atoms with E-state index in [-0.39, 0.29) is 11.8 Å². The van der Waals surface area contributed by atoms with Crippen molar-refractivity contribution < 1.29 is 14.3 Å². The number of benzene rings is 1. The number of nitrogens with one attached hydrogen (secondary N) is 2. The molecule has 1 aromatic heterocycles. The van der Waals surface area contributed by atoms with Crippen LogP contribution in [-0.2, 0) is 0 Å². The van der Waals surface area contributed by atoms with Gasteiger partial charge in [-0.2, -0.15) is 5.10 Å². The molecular formula is C20H22N4O3. The van der Waals surface area contributed by atoms with Crippen molar-refractivity contribution in [3.05, 3.63) is 47.3 Å². The number of nitrogens with zero attached hydrogens (tertiary/aromatic N) is 2. The first-order chi connectivity index (χ1) is 13.1. The Morgan fingerprint density at radius 2 is 2.00 bits per heavy atom. The Labute approximate surface area is 157 Å². The van der Waals surface area contributed by atoms with Crippen molar-refractivity contribution >= 4 is 11.8 Å². The molecule has 7 heteroatoms. The number of H-pyrrole nitrogens is 1. The first kappa shape index (κ1) is 16.4. The quantitative estimate of drug-likeness (QED) is 0.852. The van der Waals surface area contributed by atoms with E-state index in [0.29, 0.717) is 55.4 Å². The fourth-order valence-electron chi connectivity index (χ4n) is 3.96. The second-order valence-corrected chi connectivity index (χ2v) is 7.74. The van der Waals surface area contributed by atoms with Gasteiger partial charge in [0.1, 0.15) is 17.0 Å². The molecular weight excluding hydrogens is 344 g/mol. The zero-order valence-corrected chi connectivity index (χ0v) is 15.0. The van der Waals surface area contributed by atoms with Gasteiger partial charge in [0.25, 0.3) is 11.8 Å². The van der Waals surface area contributed by atoms with Crippen molar-refractivity contribution in [2.45, 2.75) is 37.2 Å². The van der Waals surface area contributed by atoms with Crippen LogP contribution in [0.25, 0.3) is 0 Å². The minimum Gasteiger partial charge on any atom is -0.484 e. The van der Waals surface area contributed by atoms with Crippen LogP contribution in [0, 0.1) is 0 Å². The van der Waals surface area contributed by atoms with E-state index in [9.17, 15) is 9.59 Å². The molecule has 2 amide bonds. The summed E-state index contributed by atoms with van der Waals surface area (Å²) in [6, 6.07) is 9.21. The normalized spacial score (nSPS) is 21.2. The number of fused-ring (bicyclic) bond motifs is 1. The molecule has 1 aromatic carbocycles. The van der Waals surface area contributed by atoms with E-state index in [0.717, 1.165) is 5.69 Å². The van der Waals surface area contributed by atoms with Crippen LogP contribution in [0.2, 0.25) is 0 Å². The van der Waals surface area contributed by atoms with Crippen LogP contribution in [0.4, 0.5) is 0 Å². The molecule has 2 N–H and O–H groups in total.